The van der Waals surface area contributed by atoms with Gasteiger partial charge in [0.05, 0.1) is 18.5 Å². The molecule has 0 unspecified atom stereocenters. The van der Waals surface area contributed by atoms with E-state index in [2.05, 4.69) is 21.2 Å². The maximum absolute atomic E-state index is 12.6. The fourth-order valence-electron chi connectivity index (χ4n) is 3.90. The Balaban J connectivity index is 1.24. The molecule has 0 bridgehead atoms. The van der Waals surface area contributed by atoms with Crippen LogP contribution in [0.25, 0.3) is 0 Å². The molecule has 2 amide bonds. The van der Waals surface area contributed by atoms with Crippen molar-refractivity contribution in [3.63, 3.8) is 0 Å². The van der Waals surface area contributed by atoms with Crippen molar-refractivity contribution in [2.45, 2.75) is 17.7 Å². The molecule has 30 heavy (non-hydrogen) atoms. The number of anilines is 2. The number of sulfonamides is 1. The molecule has 2 aromatic rings. The highest BCUT2D eigenvalue weighted by Crippen LogP contribution is 2.33. The van der Waals surface area contributed by atoms with Gasteiger partial charge in [-0.15, -0.1) is 11.3 Å². The molecule has 1 N–H and O–H groups in total. The van der Waals surface area contributed by atoms with E-state index in [1.54, 1.807) is 17.9 Å². The van der Waals surface area contributed by atoms with Crippen molar-refractivity contribution < 1.29 is 17.9 Å². The van der Waals surface area contributed by atoms with Crippen molar-refractivity contribution in [3.8, 4) is 5.75 Å². The van der Waals surface area contributed by atoms with Gasteiger partial charge in [0.15, 0.2) is 0 Å². The predicted molar refractivity (Wildman–Crippen MR) is 118 cm³/mol. The molecule has 0 spiro atoms. The number of carbonyl (C=O) groups is 1. The van der Waals surface area contributed by atoms with Crippen LogP contribution in [0.4, 0.5) is 16.2 Å². The highest BCUT2D eigenvalue weighted by Gasteiger charge is 2.36. The van der Waals surface area contributed by atoms with Crippen molar-refractivity contribution in [3.05, 3.63) is 35.0 Å². The third-order valence-electron chi connectivity index (χ3n) is 5.55. The zero-order chi connectivity index (χ0) is 21.1. The summed E-state index contributed by atoms with van der Waals surface area (Å²) in [6, 6.07) is 7.49. The van der Waals surface area contributed by atoms with Crippen LogP contribution in [-0.2, 0) is 10.0 Å². The molecule has 162 valence electrons. The number of para-hydroxylation sites is 2. The molecule has 1 saturated heterocycles. The molecule has 0 radical (unpaired) electrons. The number of piperazine rings is 1. The smallest absolute Gasteiger partial charge is 0.335 e. The number of urea groups is 1. The minimum absolute atomic E-state index is 0.194. The summed E-state index contributed by atoms with van der Waals surface area (Å²) in [7, 11) is -2.05. The van der Waals surface area contributed by atoms with E-state index in [1.807, 2.05) is 18.2 Å². The highest BCUT2D eigenvalue weighted by molar-refractivity contribution is 7.90. The number of thiophene rings is 1. The number of carbonyl (C=O) groups excluding carboxylic acids is 1. The third-order valence-corrected chi connectivity index (χ3v) is 8.26. The van der Waals surface area contributed by atoms with E-state index in [1.165, 1.54) is 11.3 Å². The average Bonchev–Trinajstić information content (AvgIpc) is 3.23. The topological polar surface area (TPSA) is 82.2 Å². The first-order valence-electron chi connectivity index (χ1n) is 10.0. The van der Waals surface area contributed by atoms with E-state index in [4.69, 9.17) is 4.74 Å². The number of hydrogen-bond acceptors (Lipinski definition) is 7. The van der Waals surface area contributed by atoms with Crippen LogP contribution in [0.2, 0.25) is 0 Å². The quantitative estimate of drug-likeness (QED) is 0.653. The van der Waals surface area contributed by atoms with Gasteiger partial charge in [0.25, 0.3) is 10.0 Å². The van der Waals surface area contributed by atoms with Gasteiger partial charge in [-0.1, -0.05) is 12.1 Å². The maximum atomic E-state index is 12.6. The first kappa shape index (κ1) is 21.0. The Kier molecular flexibility index (Phi) is 6.16. The molecule has 10 heteroatoms. The highest BCUT2D eigenvalue weighted by atomic mass is 32.2. The Bertz CT molecular complexity index is 1000. The van der Waals surface area contributed by atoms with Gasteiger partial charge in [0.2, 0.25) is 0 Å². The summed E-state index contributed by atoms with van der Waals surface area (Å²) in [4.78, 5) is 17.1. The Hall–Kier alpha value is -2.30. The monoisotopic (exact) mass is 450 g/mol. The van der Waals surface area contributed by atoms with E-state index >= 15 is 0 Å². The number of nitrogens with one attached hydrogen (secondary N) is 1. The number of benzene rings is 1. The summed E-state index contributed by atoms with van der Waals surface area (Å²) in [6.45, 7) is 4.82. The van der Waals surface area contributed by atoms with Crippen LogP contribution in [0, 0.1) is 0 Å². The molecule has 1 aromatic carbocycles. The number of amides is 2. The standard InChI is InChI=1S/C20H26N4O4S2/c1-28-18-7-3-2-6-17(18)23-12-10-22(11-13-23)8-4-5-9-24-20(25)21-16-14-29-15-19(16)30(24,26)27/h2-3,6-7,14-15H,4-5,8-13H2,1H3,(H,21,25). The fraction of sp³-hybridized carbons (Fsp3) is 0.450. The molecular formula is C20H26N4O4S2. The summed E-state index contributed by atoms with van der Waals surface area (Å²) >= 11 is 1.27. The number of fused-ring (bicyclic) bond motifs is 1. The van der Waals surface area contributed by atoms with Crippen LogP contribution in [0.5, 0.6) is 5.75 Å². The molecule has 1 aromatic heterocycles. The van der Waals surface area contributed by atoms with E-state index in [0.717, 1.165) is 54.9 Å². The van der Waals surface area contributed by atoms with E-state index < -0.39 is 16.1 Å². The number of hydrogen-bond donors (Lipinski definition) is 1. The number of rotatable bonds is 7. The second kappa shape index (κ2) is 8.83. The van der Waals surface area contributed by atoms with Crippen LogP contribution in [0.3, 0.4) is 0 Å². The molecule has 0 saturated carbocycles. The van der Waals surface area contributed by atoms with Gasteiger partial charge in [-0.25, -0.2) is 17.5 Å². The van der Waals surface area contributed by atoms with Crippen LogP contribution < -0.4 is 15.0 Å². The Labute approximate surface area is 181 Å². The van der Waals surface area contributed by atoms with Gasteiger partial charge in [0, 0.05) is 43.5 Å². The summed E-state index contributed by atoms with van der Waals surface area (Å²) < 4.78 is 31.7. The summed E-state index contributed by atoms with van der Waals surface area (Å²) in [6.07, 6.45) is 1.48. The zero-order valence-corrected chi connectivity index (χ0v) is 18.5. The van der Waals surface area contributed by atoms with Gasteiger partial charge in [-0.05, 0) is 31.5 Å². The molecular weight excluding hydrogens is 424 g/mol. The van der Waals surface area contributed by atoms with E-state index in [9.17, 15) is 13.2 Å². The Morgan fingerprint density at radius 1 is 1.07 bits per heavy atom. The predicted octanol–water partition coefficient (Wildman–Crippen LogP) is 2.90. The Morgan fingerprint density at radius 3 is 2.57 bits per heavy atom. The van der Waals surface area contributed by atoms with Gasteiger partial charge >= 0.3 is 6.03 Å². The molecule has 0 aliphatic carbocycles. The largest absolute Gasteiger partial charge is 0.495 e. The fourth-order valence-corrected chi connectivity index (χ4v) is 6.52. The van der Waals surface area contributed by atoms with E-state index in [-0.39, 0.29) is 11.4 Å². The molecule has 4 rings (SSSR count). The summed E-state index contributed by atoms with van der Waals surface area (Å²) in [5, 5.41) is 5.87. The van der Waals surface area contributed by atoms with Crippen molar-refractivity contribution >= 4 is 38.8 Å². The zero-order valence-electron chi connectivity index (χ0n) is 16.9. The lowest BCUT2D eigenvalue weighted by molar-refractivity contribution is 0.230. The van der Waals surface area contributed by atoms with Crippen molar-refractivity contribution in [2.24, 2.45) is 0 Å². The molecule has 0 atom stereocenters. The molecule has 3 heterocycles. The third kappa shape index (κ3) is 4.12. The van der Waals surface area contributed by atoms with Crippen LogP contribution >= 0.6 is 11.3 Å². The first-order chi connectivity index (χ1) is 14.5. The first-order valence-corrected chi connectivity index (χ1v) is 12.4. The van der Waals surface area contributed by atoms with Crippen molar-refractivity contribution in [2.75, 3.05) is 56.6 Å². The summed E-state index contributed by atoms with van der Waals surface area (Å²) in [5.41, 5.74) is 1.50. The average molecular weight is 451 g/mol. The number of methoxy groups -OCH3 is 1. The van der Waals surface area contributed by atoms with Crippen LogP contribution in [-0.4, -0.2) is 70.0 Å². The normalized spacial score (nSPS) is 18.8. The minimum atomic E-state index is -3.74. The Morgan fingerprint density at radius 2 is 1.80 bits per heavy atom. The van der Waals surface area contributed by atoms with Gasteiger partial charge < -0.3 is 15.0 Å². The molecule has 2 aliphatic heterocycles. The minimum Gasteiger partial charge on any atom is -0.495 e. The van der Waals surface area contributed by atoms with E-state index in [0.29, 0.717) is 12.1 Å². The van der Waals surface area contributed by atoms with Crippen LogP contribution in [0.1, 0.15) is 12.8 Å². The SMILES string of the molecule is COc1ccccc1N1CCN(CCCCN2C(=O)Nc3cscc3S2(=O)=O)CC1. The van der Waals surface area contributed by atoms with Gasteiger partial charge in [0.1, 0.15) is 10.6 Å². The second-order valence-corrected chi connectivity index (χ2v) is 9.94. The molecule has 2 aliphatic rings. The lowest BCUT2D eigenvalue weighted by Crippen LogP contribution is -2.47. The lowest BCUT2D eigenvalue weighted by Gasteiger charge is -2.36. The molecule has 8 nitrogen and oxygen atoms in total. The number of nitrogens with zero attached hydrogens (tertiary/aromatic N) is 3. The second-order valence-electron chi connectivity index (χ2n) is 7.36. The van der Waals surface area contributed by atoms with Crippen molar-refractivity contribution in [1.29, 1.82) is 0 Å². The van der Waals surface area contributed by atoms with Gasteiger partial charge in [-0.3, -0.25) is 4.90 Å². The molecule has 1 fully saturated rings. The van der Waals surface area contributed by atoms with Gasteiger partial charge in [-0.2, -0.15) is 0 Å². The maximum Gasteiger partial charge on any atom is 0.335 e. The number of ether oxygens (including phenoxy) is 1. The summed E-state index contributed by atoms with van der Waals surface area (Å²) in [5.74, 6) is 0.890. The number of unbranched alkanes of at least 4 members (excludes halogenated alkanes) is 1. The van der Waals surface area contributed by atoms with Crippen LogP contribution in [0.15, 0.2) is 39.9 Å². The lowest BCUT2D eigenvalue weighted by atomic mass is 10.2. The van der Waals surface area contributed by atoms with Crippen molar-refractivity contribution in [1.82, 2.24) is 9.21 Å².